The van der Waals surface area contributed by atoms with Gasteiger partial charge in [-0.3, -0.25) is 4.79 Å². The summed E-state index contributed by atoms with van der Waals surface area (Å²) in [5, 5.41) is 12.1. The molecule has 6 heteroatoms. The smallest absolute Gasteiger partial charge is 0.305 e. The maximum absolute atomic E-state index is 11.0. The Balaban J connectivity index is 2.88. The van der Waals surface area contributed by atoms with Gasteiger partial charge in [-0.15, -0.1) is 0 Å². The number of aryl methyl sites for hydroxylation is 1. The van der Waals surface area contributed by atoms with Gasteiger partial charge in [0.1, 0.15) is 0 Å². The van der Waals surface area contributed by atoms with Crippen molar-refractivity contribution in [3.8, 4) is 5.88 Å². The molecule has 0 aliphatic heterocycles. The van der Waals surface area contributed by atoms with Crippen LogP contribution in [0.4, 0.5) is 5.95 Å². The Kier molecular flexibility index (Phi) is 5.30. The second-order valence-electron chi connectivity index (χ2n) is 6.08. The minimum atomic E-state index is -0.841. The van der Waals surface area contributed by atoms with Crippen LogP contribution in [0.25, 0.3) is 0 Å². The van der Waals surface area contributed by atoms with Crippen LogP contribution in [-0.4, -0.2) is 34.2 Å². The summed E-state index contributed by atoms with van der Waals surface area (Å²) < 4.78 is 5.09. The molecule has 112 valence electrons. The van der Waals surface area contributed by atoms with Crippen molar-refractivity contribution < 1.29 is 14.6 Å². The van der Waals surface area contributed by atoms with Crippen molar-refractivity contribution in [1.29, 1.82) is 0 Å². The topological polar surface area (TPSA) is 84.3 Å². The normalized spacial score (nSPS) is 12.8. The van der Waals surface area contributed by atoms with Crippen LogP contribution in [0.3, 0.4) is 0 Å². The second kappa shape index (κ2) is 6.54. The second-order valence-corrected chi connectivity index (χ2v) is 6.08. The zero-order valence-electron chi connectivity index (χ0n) is 12.7. The maximum atomic E-state index is 11.0. The fourth-order valence-electron chi connectivity index (χ4n) is 2.02. The fourth-order valence-corrected chi connectivity index (χ4v) is 2.02. The Hall–Kier alpha value is -1.85. The largest absolute Gasteiger partial charge is 0.481 e. The molecule has 0 radical (unpaired) electrons. The highest BCUT2D eigenvalue weighted by molar-refractivity contribution is 5.68. The van der Waals surface area contributed by atoms with Gasteiger partial charge in [-0.2, -0.15) is 4.98 Å². The molecule has 0 saturated heterocycles. The van der Waals surface area contributed by atoms with E-state index in [0.29, 0.717) is 18.2 Å². The summed E-state index contributed by atoms with van der Waals surface area (Å²) in [5.74, 6) is 0.0218. The average Bonchev–Trinajstić information content (AvgIpc) is 2.24. The third-order valence-corrected chi connectivity index (χ3v) is 2.65. The molecule has 1 heterocycles. The Morgan fingerprint density at radius 3 is 2.60 bits per heavy atom. The summed E-state index contributed by atoms with van der Waals surface area (Å²) >= 11 is 0. The quantitative estimate of drug-likeness (QED) is 0.833. The average molecular weight is 281 g/mol. The SMILES string of the molecule is COc1cc(C)nc(NC(CC(=O)O)CC(C)(C)C)n1. The van der Waals surface area contributed by atoms with Crippen molar-refractivity contribution in [2.45, 2.75) is 46.6 Å². The van der Waals surface area contributed by atoms with E-state index < -0.39 is 5.97 Å². The molecule has 0 bridgehead atoms. The van der Waals surface area contributed by atoms with Crippen LogP contribution < -0.4 is 10.1 Å². The van der Waals surface area contributed by atoms with Gasteiger partial charge < -0.3 is 15.2 Å². The Morgan fingerprint density at radius 2 is 2.10 bits per heavy atom. The number of carboxylic acid groups (broad SMARTS) is 1. The number of nitrogens with zero attached hydrogens (tertiary/aromatic N) is 2. The summed E-state index contributed by atoms with van der Waals surface area (Å²) in [4.78, 5) is 19.4. The number of rotatable bonds is 6. The molecule has 0 saturated carbocycles. The van der Waals surface area contributed by atoms with E-state index in [1.807, 2.05) is 6.92 Å². The Bertz CT molecular complexity index is 469. The van der Waals surface area contributed by atoms with Gasteiger partial charge in [-0.1, -0.05) is 20.8 Å². The zero-order valence-corrected chi connectivity index (χ0v) is 12.7. The summed E-state index contributed by atoms with van der Waals surface area (Å²) in [5.41, 5.74) is 0.783. The molecule has 1 atom stereocenters. The number of hydrogen-bond donors (Lipinski definition) is 2. The van der Waals surface area contributed by atoms with Crippen LogP contribution in [0.2, 0.25) is 0 Å². The van der Waals surface area contributed by atoms with E-state index in [0.717, 1.165) is 5.69 Å². The van der Waals surface area contributed by atoms with Crippen molar-refractivity contribution in [2.75, 3.05) is 12.4 Å². The van der Waals surface area contributed by atoms with Crippen molar-refractivity contribution in [3.05, 3.63) is 11.8 Å². The number of carbonyl (C=O) groups is 1. The van der Waals surface area contributed by atoms with Gasteiger partial charge in [0, 0.05) is 17.8 Å². The van der Waals surface area contributed by atoms with E-state index in [2.05, 4.69) is 36.1 Å². The lowest BCUT2D eigenvalue weighted by Gasteiger charge is -2.25. The fraction of sp³-hybridized carbons (Fsp3) is 0.643. The first-order valence-electron chi connectivity index (χ1n) is 6.57. The van der Waals surface area contributed by atoms with E-state index in [9.17, 15) is 4.79 Å². The minimum absolute atomic E-state index is 0.0149. The number of anilines is 1. The predicted molar refractivity (Wildman–Crippen MR) is 77.1 cm³/mol. The van der Waals surface area contributed by atoms with E-state index >= 15 is 0 Å². The molecule has 0 fully saturated rings. The van der Waals surface area contributed by atoms with Crippen LogP contribution in [0, 0.1) is 12.3 Å². The summed E-state index contributed by atoms with van der Waals surface area (Å²) in [6.07, 6.45) is 0.732. The zero-order chi connectivity index (χ0) is 15.3. The molecule has 1 rings (SSSR count). The molecule has 2 N–H and O–H groups in total. The number of methoxy groups -OCH3 is 1. The third kappa shape index (κ3) is 5.86. The van der Waals surface area contributed by atoms with Gasteiger partial charge in [-0.05, 0) is 18.8 Å². The maximum Gasteiger partial charge on any atom is 0.305 e. The van der Waals surface area contributed by atoms with Gasteiger partial charge in [0.15, 0.2) is 0 Å². The van der Waals surface area contributed by atoms with E-state index in [4.69, 9.17) is 9.84 Å². The van der Waals surface area contributed by atoms with Gasteiger partial charge in [-0.25, -0.2) is 4.98 Å². The van der Waals surface area contributed by atoms with E-state index in [-0.39, 0.29) is 17.9 Å². The lowest BCUT2D eigenvalue weighted by Crippen LogP contribution is -2.29. The highest BCUT2D eigenvalue weighted by Crippen LogP contribution is 2.24. The van der Waals surface area contributed by atoms with Crippen LogP contribution >= 0.6 is 0 Å². The molecule has 0 spiro atoms. The first kappa shape index (κ1) is 16.2. The molecule has 0 amide bonds. The monoisotopic (exact) mass is 281 g/mol. The standard InChI is InChI=1S/C14H23N3O3/c1-9-6-11(20-5)17-13(15-9)16-10(7-12(18)19)8-14(2,3)4/h6,10H,7-8H2,1-5H3,(H,18,19)(H,15,16,17). The number of hydrogen-bond acceptors (Lipinski definition) is 5. The molecule has 0 aliphatic carbocycles. The molecule has 20 heavy (non-hydrogen) atoms. The molecule has 0 aromatic carbocycles. The summed E-state index contributed by atoms with van der Waals surface area (Å²) in [7, 11) is 1.54. The lowest BCUT2D eigenvalue weighted by molar-refractivity contribution is -0.137. The van der Waals surface area contributed by atoms with Gasteiger partial charge in [0.05, 0.1) is 13.5 Å². The van der Waals surface area contributed by atoms with E-state index in [1.54, 1.807) is 6.07 Å². The summed E-state index contributed by atoms with van der Waals surface area (Å²) in [6.45, 7) is 8.05. The Morgan fingerprint density at radius 1 is 1.45 bits per heavy atom. The summed E-state index contributed by atoms with van der Waals surface area (Å²) in [6, 6.07) is 1.50. The minimum Gasteiger partial charge on any atom is -0.481 e. The molecular formula is C14H23N3O3. The number of aromatic nitrogens is 2. The van der Waals surface area contributed by atoms with Crippen molar-refractivity contribution in [2.24, 2.45) is 5.41 Å². The number of aliphatic carboxylic acids is 1. The molecule has 1 aromatic rings. The van der Waals surface area contributed by atoms with Gasteiger partial charge in [0.25, 0.3) is 0 Å². The lowest BCUT2D eigenvalue weighted by atomic mass is 9.87. The van der Waals surface area contributed by atoms with Crippen LogP contribution in [0.5, 0.6) is 5.88 Å². The molecule has 1 unspecified atom stereocenters. The highest BCUT2D eigenvalue weighted by atomic mass is 16.5. The molecule has 0 aliphatic rings. The first-order chi connectivity index (χ1) is 9.19. The highest BCUT2D eigenvalue weighted by Gasteiger charge is 2.22. The van der Waals surface area contributed by atoms with Crippen LogP contribution in [0.15, 0.2) is 6.07 Å². The van der Waals surface area contributed by atoms with Crippen molar-refractivity contribution in [3.63, 3.8) is 0 Å². The molecular weight excluding hydrogens is 258 g/mol. The molecule has 6 nitrogen and oxygen atoms in total. The van der Waals surface area contributed by atoms with E-state index in [1.165, 1.54) is 7.11 Å². The van der Waals surface area contributed by atoms with Gasteiger partial charge >= 0.3 is 5.97 Å². The van der Waals surface area contributed by atoms with Crippen LogP contribution in [-0.2, 0) is 4.79 Å². The van der Waals surface area contributed by atoms with Crippen LogP contribution in [0.1, 0.15) is 39.3 Å². The first-order valence-corrected chi connectivity index (χ1v) is 6.57. The molecule has 1 aromatic heterocycles. The third-order valence-electron chi connectivity index (χ3n) is 2.65. The van der Waals surface area contributed by atoms with Crippen molar-refractivity contribution in [1.82, 2.24) is 9.97 Å². The predicted octanol–water partition coefficient (Wildman–Crippen LogP) is 2.49. The van der Waals surface area contributed by atoms with Gasteiger partial charge in [0.2, 0.25) is 11.8 Å². The van der Waals surface area contributed by atoms with Crippen molar-refractivity contribution >= 4 is 11.9 Å². The number of ether oxygens (including phenoxy) is 1. The number of carboxylic acids is 1. The number of nitrogens with one attached hydrogen (secondary N) is 1. The Labute approximate surface area is 119 Å².